The first kappa shape index (κ1) is 14.0. The fraction of sp³-hybridized carbons (Fsp3) is 0.357. The highest BCUT2D eigenvalue weighted by molar-refractivity contribution is 5.94. The molecule has 6 nitrogen and oxygen atoms in total. The number of amides is 1. The second-order valence-corrected chi connectivity index (χ2v) is 4.65. The Kier molecular flexibility index (Phi) is 4.34. The van der Waals surface area contributed by atoms with Crippen LogP contribution in [0.4, 0.5) is 0 Å². The van der Waals surface area contributed by atoms with Crippen molar-refractivity contribution in [2.75, 3.05) is 0 Å². The first-order chi connectivity index (χ1) is 9.61. The van der Waals surface area contributed by atoms with E-state index >= 15 is 0 Å². The summed E-state index contributed by atoms with van der Waals surface area (Å²) < 4.78 is 1.90. The lowest BCUT2D eigenvalue weighted by Crippen LogP contribution is -2.30. The summed E-state index contributed by atoms with van der Waals surface area (Å²) in [5.41, 5.74) is 0.204. The molecule has 106 valence electrons. The van der Waals surface area contributed by atoms with E-state index in [9.17, 15) is 9.59 Å². The number of hydrogen-bond acceptors (Lipinski definition) is 3. The number of carbonyl (C=O) groups excluding carboxylic acids is 1. The zero-order chi connectivity index (χ0) is 14.5. The molecule has 6 heteroatoms. The van der Waals surface area contributed by atoms with Gasteiger partial charge in [-0.05, 0) is 12.5 Å². The molecule has 0 fully saturated rings. The van der Waals surface area contributed by atoms with Crippen LogP contribution < -0.4 is 10.9 Å². The minimum absolute atomic E-state index is 0.139. The Labute approximate surface area is 116 Å². The molecule has 0 saturated carbocycles. The van der Waals surface area contributed by atoms with Crippen molar-refractivity contribution in [1.29, 1.82) is 0 Å². The molecule has 2 aromatic rings. The molecule has 0 aliphatic heterocycles. The standard InChI is InChI=1S/C14H18N4O2/c1-3-4-11(13-15-7-8-18(13)2)17-14(20)10-5-6-12(19)16-9-10/h5-9,11H,3-4H2,1-2H3,(H,16,19)(H,17,20)/t11-/m1/s1. The molecule has 0 bridgehead atoms. The largest absolute Gasteiger partial charge is 0.342 e. The lowest BCUT2D eigenvalue weighted by Gasteiger charge is -2.17. The number of pyridine rings is 1. The smallest absolute Gasteiger partial charge is 0.253 e. The summed E-state index contributed by atoms with van der Waals surface area (Å²) in [4.78, 5) is 30.0. The number of nitrogens with one attached hydrogen (secondary N) is 2. The zero-order valence-electron chi connectivity index (χ0n) is 11.6. The van der Waals surface area contributed by atoms with Crippen LogP contribution in [0.25, 0.3) is 0 Å². The van der Waals surface area contributed by atoms with E-state index in [1.807, 2.05) is 17.8 Å². The van der Waals surface area contributed by atoms with Crippen LogP contribution in [0.5, 0.6) is 0 Å². The highest BCUT2D eigenvalue weighted by atomic mass is 16.2. The topological polar surface area (TPSA) is 79.8 Å². The quantitative estimate of drug-likeness (QED) is 0.864. The van der Waals surface area contributed by atoms with E-state index in [0.717, 1.165) is 18.7 Å². The van der Waals surface area contributed by atoms with Gasteiger partial charge in [-0.1, -0.05) is 13.3 Å². The van der Waals surface area contributed by atoms with Crippen molar-refractivity contribution in [1.82, 2.24) is 19.9 Å². The van der Waals surface area contributed by atoms with Crippen molar-refractivity contribution in [3.63, 3.8) is 0 Å². The van der Waals surface area contributed by atoms with Crippen LogP contribution in [0.1, 0.15) is 42.0 Å². The highest BCUT2D eigenvalue weighted by Crippen LogP contribution is 2.16. The summed E-state index contributed by atoms with van der Waals surface area (Å²) in [6.07, 6.45) is 6.72. The molecule has 1 amide bonds. The molecule has 2 aromatic heterocycles. The normalized spacial score (nSPS) is 12.1. The number of nitrogens with zero attached hydrogens (tertiary/aromatic N) is 2. The van der Waals surface area contributed by atoms with E-state index < -0.39 is 0 Å². The molecule has 2 N–H and O–H groups in total. The van der Waals surface area contributed by atoms with Crippen molar-refractivity contribution in [2.24, 2.45) is 7.05 Å². The molecule has 0 aliphatic rings. The van der Waals surface area contributed by atoms with E-state index in [0.29, 0.717) is 5.56 Å². The Morgan fingerprint density at radius 2 is 2.30 bits per heavy atom. The Morgan fingerprint density at radius 3 is 2.85 bits per heavy atom. The van der Waals surface area contributed by atoms with Crippen molar-refractivity contribution < 1.29 is 4.79 Å². The summed E-state index contributed by atoms with van der Waals surface area (Å²) in [6.45, 7) is 2.06. The van der Waals surface area contributed by atoms with Gasteiger partial charge >= 0.3 is 0 Å². The van der Waals surface area contributed by atoms with E-state index in [1.165, 1.54) is 18.3 Å². The summed E-state index contributed by atoms with van der Waals surface area (Å²) >= 11 is 0. The van der Waals surface area contributed by atoms with Gasteiger partial charge in [0.2, 0.25) is 5.56 Å². The molecule has 0 aromatic carbocycles. The van der Waals surface area contributed by atoms with Crippen LogP contribution in [0.3, 0.4) is 0 Å². The number of carbonyl (C=O) groups is 1. The Balaban J connectivity index is 2.16. The van der Waals surface area contributed by atoms with Crippen molar-refractivity contribution in [3.8, 4) is 0 Å². The molecule has 1 atom stereocenters. The minimum atomic E-state index is -0.226. The van der Waals surface area contributed by atoms with Gasteiger partial charge in [-0.3, -0.25) is 9.59 Å². The number of hydrogen-bond donors (Lipinski definition) is 2. The molecular formula is C14H18N4O2. The van der Waals surface area contributed by atoms with Gasteiger partial charge in [0.15, 0.2) is 0 Å². The predicted molar refractivity (Wildman–Crippen MR) is 75.4 cm³/mol. The first-order valence-electron chi connectivity index (χ1n) is 6.58. The minimum Gasteiger partial charge on any atom is -0.342 e. The second-order valence-electron chi connectivity index (χ2n) is 4.65. The molecule has 2 rings (SSSR count). The summed E-state index contributed by atoms with van der Waals surface area (Å²) in [5.74, 6) is 0.604. The van der Waals surface area contributed by atoms with Crippen molar-refractivity contribution in [2.45, 2.75) is 25.8 Å². The van der Waals surface area contributed by atoms with Gasteiger partial charge in [-0.2, -0.15) is 0 Å². The molecule has 20 heavy (non-hydrogen) atoms. The lowest BCUT2D eigenvalue weighted by molar-refractivity contribution is 0.0931. The number of aryl methyl sites for hydroxylation is 1. The number of aromatic amines is 1. The Bertz CT molecular complexity index is 624. The SMILES string of the molecule is CCC[C@@H](NC(=O)c1ccc(=O)[nH]c1)c1nccn1C. The summed E-state index contributed by atoms with van der Waals surface area (Å²) in [7, 11) is 1.90. The van der Waals surface area contributed by atoms with E-state index in [2.05, 4.69) is 22.2 Å². The highest BCUT2D eigenvalue weighted by Gasteiger charge is 2.18. The average Bonchev–Trinajstić information content (AvgIpc) is 2.85. The third-order valence-electron chi connectivity index (χ3n) is 3.10. The van der Waals surface area contributed by atoms with E-state index in [1.54, 1.807) is 6.20 Å². The van der Waals surface area contributed by atoms with Gasteiger partial charge in [0.05, 0.1) is 11.6 Å². The van der Waals surface area contributed by atoms with E-state index in [4.69, 9.17) is 0 Å². The third-order valence-corrected chi connectivity index (χ3v) is 3.10. The molecule has 0 radical (unpaired) electrons. The van der Waals surface area contributed by atoms with Gasteiger partial charge < -0.3 is 14.9 Å². The van der Waals surface area contributed by atoms with Crippen molar-refractivity contribution >= 4 is 5.91 Å². The fourth-order valence-corrected chi connectivity index (χ4v) is 2.06. The van der Waals surface area contributed by atoms with Crippen LogP contribution >= 0.6 is 0 Å². The monoisotopic (exact) mass is 274 g/mol. The van der Waals surface area contributed by atoms with E-state index in [-0.39, 0.29) is 17.5 Å². The molecule has 0 saturated heterocycles. The Hall–Kier alpha value is -2.37. The van der Waals surface area contributed by atoms with Crippen LogP contribution in [0.15, 0.2) is 35.5 Å². The molecule has 0 spiro atoms. The van der Waals surface area contributed by atoms with Crippen LogP contribution in [-0.2, 0) is 7.05 Å². The van der Waals surface area contributed by atoms with Crippen molar-refractivity contribution in [3.05, 3.63) is 52.5 Å². The summed E-state index contributed by atoms with van der Waals surface area (Å²) in [5, 5.41) is 2.95. The van der Waals surface area contributed by atoms with Crippen LogP contribution in [-0.4, -0.2) is 20.4 Å². The maximum absolute atomic E-state index is 12.2. The zero-order valence-corrected chi connectivity index (χ0v) is 11.6. The first-order valence-corrected chi connectivity index (χ1v) is 6.58. The summed E-state index contributed by atoms with van der Waals surface area (Å²) in [6, 6.07) is 2.71. The predicted octanol–water partition coefficient (Wildman–Crippen LogP) is 1.38. The van der Waals surface area contributed by atoms with Gasteiger partial charge in [0.25, 0.3) is 5.91 Å². The maximum Gasteiger partial charge on any atom is 0.253 e. The Morgan fingerprint density at radius 1 is 1.50 bits per heavy atom. The van der Waals surface area contributed by atoms with Crippen LogP contribution in [0.2, 0.25) is 0 Å². The maximum atomic E-state index is 12.2. The fourth-order valence-electron chi connectivity index (χ4n) is 2.06. The lowest BCUT2D eigenvalue weighted by atomic mass is 10.1. The van der Waals surface area contributed by atoms with Gasteiger partial charge in [0.1, 0.15) is 5.82 Å². The number of H-pyrrole nitrogens is 1. The average molecular weight is 274 g/mol. The number of imidazole rings is 1. The van der Waals surface area contributed by atoms with Gasteiger partial charge in [0, 0.05) is 31.7 Å². The van der Waals surface area contributed by atoms with Gasteiger partial charge in [-0.15, -0.1) is 0 Å². The third kappa shape index (κ3) is 3.14. The second kappa shape index (κ2) is 6.18. The van der Waals surface area contributed by atoms with Gasteiger partial charge in [-0.25, -0.2) is 4.98 Å². The number of aromatic nitrogens is 3. The molecular weight excluding hydrogens is 256 g/mol. The molecule has 2 heterocycles. The van der Waals surface area contributed by atoms with Crippen LogP contribution in [0, 0.1) is 0 Å². The number of rotatable bonds is 5. The molecule has 0 unspecified atom stereocenters. The molecule has 0 aliphatic carbocycles.